The van der Waals surface area contributed by atoms with Gasteiger partial charge in [0.1, 0.15) is 24.0 Å². The first-order valence-corrected chi connectivity index (χ1v) is 8.49. The Bertz CT molecular complexity index is 933. The molecular formula is C20H15ClF3NO3. The maximum atomic E-state index is 12.8. The van der Waals surface area contributed by atoms with Crippen LogP contribution in [0.3, 0.4) is 0 Å². The van der Waals surface area contributed by atoms with Crippen molar-refractivity contribution in [1.29, 1.82) is 5.26 Å². The van der Waals surface area contributed by atoms with Gasteiger partial charge < -0.3 is 9.47 Å². The van der Waals surface area contributed by atoms with Gasteiger partial charge in [0.2, 0.25) is 0 Å². The first kappa shape index (κ1) is 21.3. The van der Waals surface area contributed by atoms with Gasteiger partial charge in [0.05, 0.1) is 12.2 Å². The Morgan fingerprint density at radius 2 is 2.00 bits per heavy atom. The standard InChI is InChI=1S/C20H15ClF3NO3/c1-2-27-19(26)15(11-25)9-14-10-17(21)6-7-18(14)28-12-13-4-3-5-16(8-13)20(22,23)24/h3-10H,2,12H2,1H3/b15-9+. The Morgan fingerprint density at radius 1 is 1.25 bits per heavy atom. The van der Waals surface area contributed by atoms with Crippen molar-refractivity contribution in [2.24, 2.45) is 0 Å². The molecule has 28 heavy (non-hydrogen) atoms. The van der Waals surface area contributed by atoms with Crippen molar-refractivity contribution in [3.05, 3.63) is 69.8 Å². The molecule has 4 nitrogen and oxygen atoms in total. The number of alkyl halides is 3. The topological polar surface area (TPSA) is 59.3 Å². The summed E-state index contributed by atoms with van der Waals surface area (Å²) in [7, 11) is 0. The fourth-order valence-electron chi connectivity index (χ4n) is 2.26. The largest absolute Gasteiger partial charge is 0.488 e. The van der Waals surface area contributed by atoms with E-state index in [-0.39, 0.29) is 24.5 Å². The number of hydrogen-bond donors (Lipinski definition) is 0. The third-order valence-corrected chi connectivity index (χ3v) is 3.77. The third kappa shape index (κ3) is 5.76. The van der Waals surface area contributed by atoms with Crippen LogP contribution in [-0.2, 0) is 22.3 Å². The highest BCUT2D eigenvalue weighted by atomic mass is 35.5. The lowest BCUT2D eigenvalue weighted by molar-refractivity contribution is -0.138. The Hall–Kier alpha value is -2.98. The molecule has 2 aromatic rings. The van der Waals surface area contributed by atoms with E-state index in [1.165, 1.54) is 36.4 Å². The van der Waals surface area contributed by atoms with E-state index >= 15 is 0 Å². The molecule has 0 unspecified atom stereocenters. The Labute approximate surface area is 164 Å². The quantitative estimate of drug-likeness (QED) is 0.363. The zero-order valence-electron chi connectivity index (χ0n) is 14.7. The molecule has 0 atom stereocenters. The highest BCUT2D eigenvalue weighted by molar-refractivity contribution is 6.30. The molecule has 0 aromatic heterocycles. The van der Waals surface area contributed by atoms with E-state index in [0.29, 0.717) is 16.1 Å². The molecule has 146 valence electrons. The summed E-state index contributed by atoms with van der Waals surface area (Å²) < 4.78 is 48.9. The predicted molar refractivity (Wildman–Crippen MR) is 97.5 cm³/mol. The van der Waals surface area contributed by atoms with Crippen LogP contribution in [0.25, 0.3) is 6.08 Å². The number of esters is 1. The normalized spacial score (nSPS) is 11.6. The van der Waals surface area contributed by atoms with E-state index in [1.807, 2.05) is 0 Å². The molecule has 0 N–H and O–H groups in total. The minimum atomic E-state index is -4.45. The van der Waals surface area contributed by atoms with Crippen LogP contribution in [0.1, 0.15) is 23.6 Å². The SMILES string of the molecule is CCOC(=O)/C(C#N)=C/c1cc(Cl)ccc1OCc1cccc(C(F)(F)F)c1. The van der Waals surface area contributed by atoms with Crippen LogP contribution in [-0.4, -0.2) is 12.6 Å². The van der Waals surface area contributed by atoms with Crippen molar-refractivity contribution >= 4 is 23.6 Å². The molecule has 2 aromatic carbocycles. The summed E-state index contributed by atoms with van der Waals surface area (Å²) in [6.07, 6.45) is -3.20. The number of halogens is 4. The maximum absolute atomic E-state index is 12.8. The van der Waals surface area contributed by atoms with Gasteiger partial charge >= 0.3 is 12.1 Å². The number of nitriles is 1. The van der Waals surface area contributed by atoms with Crippen molar-refractivity contribution in [2.75, 3.05) is 6.61 Å². The molecule has 0 aliphatic rings. The fourth-order valence-corrected chi connectivity index (χ4v) is 2.44. The third-order valence-electron chi connectivity index (χ3n) is 3.54. The fraction of sp³-hybridized carbons (Fsp3) is 0.200. The van der Waals surface area contributed by atoms with Gasteiger partial charge in [0, 0.05) is 10.6 Å². The van der Waals surface area contributed by atoms with E-state index in [4.69, 9.17) is 26.3 Å². The van der Waals surface area contributed by atoms with Gasteiger partial charge in [-0.3, -0.25) is 0 Å². The number of carbonyl (C=O) groups excluding carboxylic acids is 1. The van der Waals surface area contributed by atoms with Crippen LogP contribution in [0.4, 0.5) is 13.2 Å². The molecule has 0 radical (unpaired) electrons. The van der Waals surface area contributed by atoms with Gasteiger partial charge in [-0.25, -0.2) is 4.79 Å². The van der Waals surface area contributed by atoms with Gasteiger partial charge in [0.15, 0.2) is 0 Å². The second-order valence-electron chi connectivity index (χ2n) is 5.56. The second kappa shape index (κ2) is 9.29. The molecule has 0 fully saturated rings. The minimum Gasteiger partial charge on any atom is -0.488 e. The van der Waals surface area contributed by atoms with Crippen molar-refractivity contribution in [1.82, 2.24) is 0 Å². The molecule has 0 saturated heterocycles. The lowest BCUT2D eigenvalue weighted by Crippen LogP contribution is -2.07. The molecule has 0 amide bonds. The van der Waals surface area contributed by atoms with Gasteiger partial charge in [0.25, 0.3) is 0 Å². The van der Waals surface area contributed by atoms with Gasteiger partial charge in [-0.05, 0) is 48.9 Å². The molecule has 0 heterocycles. The second-order valence-corrected chi connectivity index (χ2v) is 6.00. The monoisotopic (exact) mass is 409 g/mol. The van der Waals surface area contributed by atoms with E-state index in [9.17, 15) is 18.0 Å². The van der Waals surface area contributed by atoms with Crippen molar-refractivity contribution < 1.29 is 27.4 Å². The molecule has 0 aliphatic carbocycles. The molecule has 2 rings (SSSR count). The summed E-state index contributed by atoms with van der Waals surface area (Å²) in [5, 5.41) is 9.49. The van der Waals surface area contributed by atoms with Gasteiger partial charge in [-0.2, -0.15) is 18.4 Å². The average molecular weight is 410 g/mol. The van der Waals surface area contributed by atoms with Crippen LogP contribution in [0.2, 0.25) is 5.02 Å². The number of benzene rings is 2. The number of rotatable bonds is 6. The lowest BCUT2D eigenvalue weighted by Gasteiger charge is -2.12. The molecule has 0 bridgehead atoms. The first-order valence-electron chi connectivity index (χ1n) is 8.12. The summed E-state index contributed by atoms with van der Waals surface area (Å²) in [5.41, 5.74) is -0.401. The van der Waals surface area contributed by atoms with Crippen molar-refractivity contribution in [3.8, 4) is 11.8 Å². The summed E-state index contributed by atoms with van der Waals surface area (Å²) >= 11 is 5.96. The van der Waals surface area contributed by atoms with Gasteiger partial charge in [-0.15, -0.1) is 0 Å². The minimum absolute atomic E-state index is 0.103. The van der Waals surface area contributed by atoms with E-state index < -0.39 is 17.7 Å². The maximum Gasteiger partial charge on any atom is 0.416 e. The molecule has 0 aliphatic heterocycles. The van der Waals surface area contributed by atoms with E-state index in [0.717, 1.165) is 12.1 Å². The Morgan fingerprint density at radius 3 is 2.64 bits per heavy atom. The molecule has 0 saturated carbocycles. The zero-order chi connectivity index (χ0) is 20.7. The number of nitrogens with zero attached hydrogens (tertiary/aromatic N) is 1. The summed E-state index contributed by atoms with van der Waals surface area (Å²) in [6, 6.07) is 11.0. The number of hydrogen-bond acceptors (Lipinski definition) is 4. The Kier molecular flexibility index (Phi) is 7.07. The molecule has 0 spiro atoms. The Balaban J connectivity index is 2.28. The van der Waals surface area contributed by atoms with Crippen LogP contribution >= 0.6 is 11.6 Å². The number of ether oxygens (including phenoxy) is 2. The number of carbonyl (C=O) groups is 1. The average Bonchev–Trinajstić information content (AvgIpc) is 2.65. The smallest absolute Gasteiger partial charge is 0.416 e. The zero-order valence-corrected chi connectivity index (χ0v) is 15.5. The van der Waals surface area contributed by atoms with Crippen LogP contribution in [0.15, 0.2) is 48.0 Å². The van der Waals surface area contributed by atoms with Crippen molar-refractivity contribution in [3.63, 3.8) is 0 Å². The summed E-state index contributed by atoms with van der Waals surface area (Å²) in [5.74, 6) is -0.548. The predicted octanol–water partition coefficient (Wildman–Crippen LogP) is 5.41. The van der Waals surface area contributed by atoms with E-state index in [2.05, 4.69) is 0 Å². The summed E-state index contributed by atoms with van der Waals surface area (Å²) in [6.45, 7) is 1.57. The molecule has 8 heteroatoms. The highest BCUT2D eigenvalue weighted by Gasteiger charge is 2.30. The van der Waals surface area contributed by atoms with E-state index in [1.54, 1.807) is 13.0 Å². The summed E-state index contributed by atoms with van der Waals surface area (Å²) in [4.78, 5) is 11.8. The van der Waals surface area contributed by atoms with Gasteiger partial charge in [-0.1, -0.05) is 23.7 Å². The van der Waals surface area contributed by atoms with Crippen molar-refractivity contribution in [2.45, 2.75) is 19.7 Å². The van der Waals surface area contributed by atoms with Crippen LogP contribution in [0, 0.1) is 11.3 Å². The highest BCUT2D eigenvalue weighted by Crippen LogP contribution is 2.30. The first-order chi connectivity index (χ1) is 13.2. The molecular weight excluding hydrogens is 395 g/mol. The van der Waals surface area contributed by atoms with Crippen LogP contribution in [0.5, 0.6) is 5.75 Å². The lowest BCUT2D eigenvalue weighted by atomic mass is 10.1. The van der Waals surface area contributed by atoms with Crippen LogP contribution < -0.4 is 4.74 Å².